The molecule has 2 atom stereocenters. The summed E-state index contributed by atoms with van der Waals surface area (Å²) in [5.74, 6) is -0.689. The topological polar surface area (TPSA) is 85.3 Å². The van der Waals surface area contributed by atoms with E-state index >= 15 is 0 Å². The molecule has 3 aliphatic rings. The molecule has 0 bridgehead atoms. The summed E-state index contributed by atoms with van der Waals surface area (Å²) in [6.45, 7) is 1.58. The summed E-state index contributed by atoms with van der Waals surface area (Å²) in [7, 11) is 0. The fourth-order valence-electron chi connectivity index (χ4n) is 3.86. The number of hydrogen-bond donors (Lipinski definition) is 4. The first-order chi connectivity index (χ1) is 13.0. The van der Waals surface area contributed by atoms with Gasteiger partial charge in [0.25, 0.3) is 0 Å². The first kappa shape index (κ1) is 16.8. The normalized spacial score (nSPS) is 25.8. The molecule has 0 aromatic carbocycles. The van der Waals surface area contributed by atoms with E-state index in [4.69, 9.17) is 0 Å². The zero-order valence-corrected chi connectivity index (χ0v) is 14.5. The number of rotatable bonds is 3. The average Bonchev–Trinajstić information content (AvgIpc) is 3.29. The highest BCUT2D eigenvalue weighted by Crippen LogP contribution is 2.40. The summed E-state index contributed by atoms with van der Waals surface area (Å²) in [6.07, 6.45) is 3.12. The number of aliphatic hydroxyl groups is 1. The van der Waals surface area contributed by atoms with Crippen LogP contribution in [-0.4, -0.2) is 46.4 Å². The van der Waals surface area contributed by atoms with E-state index in [1.165, 1.54) is 0 Å². The number of nitrogens with one attached hydrogen (secondary N) is 3. The van der Waals surface area contributed by atoms with Crippen molar-refractivity contribution in [1.29, 1.82) is 0 Å². The Morgan fingerprint density at radius 1 is 1.26 bits per heavy atom. The van der Waals surface area contributed by atoms with Crippen molar-refractivity contribution >= 4 is 11.6 Å². The second kappa shape index (κ2) is 6.08. The predicted molar refractivity (Wildman–Crippen MR) is 95.2 cm³/mol. The molecule has 2 aliphatic heterocycles. The molecule has 2 unspecified atom stereocenters. The van der Waals surface area contributed by atoms with Crippen LogP contribution in [0.5, 0.6) is 0 Å². The van der Waals surface area contributed by atoms with E-state index in [1.54, 1.807) is 17.2 Å². The summed E-state index contributed by atoms with van der Waals surface area (Å²) in [6, 6.07) is 3.78. The molecule has 142 valence electrons. The van der Waals surface area contributed by atoms with Crippen molar-refractivity contribution in [2.24, 2.45) is 0 Å². The Morgan fingerprint density at radius 3 is 2.93 bits per heavy atom. The first-order valence-corrected chi connectivity index (χ1v) is 9.08. The Kier molecular flexibility index (Phi) is 3.78. The van der Waals surface area contributed by atoms with Crippen LogP contribution < -0.4 is 21.1 Å². The van der Waals surface area contributed by atoms with Gasteiger partial charge in [0, 0.05) is 37.5 Å². The van der Waals surface area contributed by atoms with Crippen molar-refractivity contribution in [1.82, 2.24) is 20.7 Å². The van der Waals surface area contributed by atoms with Crippen LogP contribution >= 0.6 is 0 Å². The summed E-state index contributed by atoms with van der Waals surface area (Å²) in [4.78, 5) is 10.3. The quantitative estimate of drug-likeness (QED) is 0.640. The lowest BCUT2D eigenvalue weighted by Crippen LogP contribution is -2.57. The van der Waals surface area contributed by atoms with E-state index in [0.717, 1.165) is 24.5 Å². The minimum atomic E-state index is -0.723. The van der Waals surface area contributed by atoms with E-state index in [2.05, 4.69) is 26.1 Å². The minimum Gasteiger partial charge on any atom is -0.388 e. The summed E-state index contributed by atoms with van der Waals surface area (Å²) in [5, 5.41) is 13.7. The monoisotopic (exact) mass is 374 g/mol. The lowest BCUT2D eigenvalue weighted by molar-refractivity contribution is 0.0994. The Morgan fingerprint density at radius 2 is 2.11 bits per heavy atom. The van der Waals surface area contributed by atoms with Crippen LogP contribution in [0, 0.1) is 11.6 Å². The fourth-order valence-corrected chi connectivity index (χ4v) is 3.86. The van der Waals surface area contributed by atoms with Crippen LogP contribution in [0.3, 0.4) is 0 Å². The van der Waals surface area contributed by atoms with Crippen molar-refractivity contribution in [3.63, 3.8) is 0 Å². The van der Waals surface area contributed by atoms with Crippen molar-refractivity contribution in [2.45, 2.75) is 30.5 Å². The smallest absolute Gasteiger partial charge is 0.168 e. The van der Waals surface area contributed by atoms with Crippen molar-refractivity contribution < 1.29 is 13.9 Å². The van der Waals surface area contributed by atoms with E-state index in [-0.39, 0.29) is 17.6 Å². The number of pyridine rings is 2. The largest absolute Gasteiger partial charge is 0.388 e. The Labute approximate surface area is 154 Å². The molecule has 1 aliphatic carbocycles. The zero-order valence-electron chi connectivity index (χ0n) is 14.5. The maximum absolute atomic E-state index is 14.6. The van der Waals surface area contributed by atoms with Gasteiger partial charge in [-0.3, -0.25) is 0 Å². The summed E-state index contributed by atoms with van der Waals surface area (Å²) < 4.78 is 29.1. The molecule has 4 heterocycles. The molecule has 0 spiro atoms. The van der Waals surface area contributed by atoms with E-state index in [9.17, 15) is 13.9 Å². The Hall–Kier alpha value is -2.36. The van der Waals surface area contributed by atoms with Crippen LogP contribution in [0.2, 0.25) is 0 Å². The molecular formula is C18H20F2N6O. The number of halogens is 2. The van der Waals surface area contributed by atoms with Crippen LogP contribution in [0.4, 0.5) is 20.4 Å². The number of nitrogens with zero attached hydrogens (tertiary/aromatic N) is 3. The van der Waals surface area contributed by atoms with Gasteiger partial charge >= 0.3 is 0 Å². The number of hydrazine groups is 1. The molecular weight excluding hydrogens is 354 g/mol. The second-order valence-corrected chi connectivity index (χ2v) is 7.36. The van der Waals surface area contributed by atoms with Gasteiger partial charge in [-0.25, -0.2) is 24.2 Å². The third-order valence-electron chi connectivity index (χ3n) is 5.58. The van der Waals surface area contributed by atoms with E-state index in [0.29, 0.717) is 25.5 Å². The van der Waals surface area contributed by atoms with Crippen LogP contribution in [0.15, 0.2) is 24.4 Å². The maximum atomic E-state index is 14.6. The van der Waals surface area contributed by atoms with Gasteiger partial charge in [-0.05, 0) is 18.9 Å². The fraction of sp³-hybridized carbons (Fsp3) is 0.444. The highest BCUT2D eigenvalue weighted by Gasteiger charge is 2.49. The van der Waals surface area contributed by atoms with Gasteiger partial charge in [-0.15, -0.1) is 0 Å². The highest BCUT2D eigenvalue weighted by atomic mass is 19.1. The van der Waals surface area contributed by atoms with Crippen LogP contribution in [0.1, 0.15) is 30.1 Å². The molecule has 2 aromatic rings. The Bertz CT molecular complexity index is 890. The summed E-state index contributed by atoms with van der Waals surface area (Å²) >= 11 is 0. The molecule has 1 saturated carbocycles. The first-order valence-electron chi connectivity index (χ1n) is 9.08. The molecule has 9 heteroatoms. The zero-order chi connectivity index (χ0) is 18.6. The van der Waals surface area contributed by atoms with Gasteiger partial charge in [-0.1, -0.05) is 6.07 Å². The molecule has 2 aromatic heterocycles. The number of fused-ring (bicyclic) bond motifs is 1. The van der Waals surface area contributed by atoms with Gasteiger partial charge in [-0.2, -0.15) is 0 Å². The van der Waals surface area contributed by atoms with Crippen LogP contribution in [0.25, 0.3) is 0 Å². The highest BCUT2D eigenvalue weighted by molar-refractivity contribution is 5.53. The molecule has 0 radical (unpaired) electrons. The maximum Gasteiger partial charge on any atom is 0.168 e. The van der Waals surface area contributed by atoms with Gasteiger partial charge in [0.2, 0.25) is 0 Å². The van der Waals surface area contributed by atoms with Crippen molar-refractivity contribution in [3.8, 4) is 0 Å². The van der Waals surface area contributed by atoms with Gasteiger partial charge < -0.3 is 20.7 Å². The van der Waals surface area contributed by atoms with Crippen LogP contribution in [-0.2, 0) is 0 Å². The molecule has 27 heavy (non-hydrogen) atoms. The number of hydrogen-bond acceptors (Lipinski definition) is 7. The number of piperazine rings is 1. The SMILES string of the molecule is OC1(C2CN(c3nc(C4NNc5ncccc54)c(F)cc3F)CCN2)CC1. The van der Waals surface area contributed by atoms with Gasteiger partial charge in [0.05, 0.1) is 17.7 Å². The minimum absolute atomic E-state index is 0.112. The molecule has 0 amide bonds. The van der Waals surface area contributed by atoms with Gasteiger partial charge in [0.1, 0.15) is 17.3 Å². The number of aromatic nitrogens is 2. The van der Waals surface area contributed by atoms with Crippen molar-refractivity contribution in [3.05, 3.63) is 47.3 Å². The molecule has 2 fully saturated rings. The summed E-state index contributed by atoms with van der Waals surface area (Å²) in [5.41, 5.74) is 6.02. The molecule has 7 nitrogen and oxygen atoms in total. The van der Waals surface area contributed by atoms with Crippen molar-refractivity contribution in [2.75, 3.05) is 30.0 Å². The Balaban J connectivity index is 1.48. The third-order valence-corrected chi connectivity index (χ3v) is 5.58. The van der Waals surface area contributed by atoms with Gasteiger partial charge in [0.15, 0.2) is 11.6 Å². The predicted octanol–water partition coefficient (Wildman–Crippen LogP) is 1.08. The second-order valence-electron chi connectivity index (χ2n) is 7.36. The number of anilines is 2. The molecule has 5 rings (SSSR count). The average molecular weight is 374 g/mol. The molecule has 4 N–H and O–H groups in total. The lowest BCUT2D eigenvalue weighted by atomic mass is 10.0. The van der Waals surface area contributed by atoms with E-state index in [1.807, 2.05) is 6.07 Å². The third kappa shape index (κ3) is 2.82. The van der Waals surface area contributed by atoms with E-state index < -0.39 is 23.3 Å². The molecule has 1 saturated heterocycles. The standard InChI is InChI=1S/C18H20F2N6O/c19-11-8-12(20)17(26-7-6-21-13(9-26)18(27)3-4-18)23-15(11)14-10-2-1-5-22-16(10)25-24-14/h1-2,5,8,13-14,21,24,27H,3-4,6-7,9H2,(H,22,25). The lowest BCUT2D eigenvalue weighted by Gasteiger charge is -2.37.